The lowest BCUT2D eigenvalue weighted by molar-refractivity contribution is -0.667. The SMILES string of the molecule is Cn1c(-c2ccc(F)cc2)c[n+](CC(=O)c2ccc(Cl)cc2)c1N.[Br-]. The lowest BCUT2D eigenvalue weighted by Crippen LogP contribution is -3.00. The van der Waals surface area contributed by atoms with Crippen LogP contribution in [0, 0.1) is 5.82 Å². The fourth-order valence-corrected chi connectivity index (χ4v) is 2.64. The van der Waals surface area contributed by atoms with Gasteiger partial charge in [-0.15, -0.1) is 0 Å². The standard InChI is InChI=1S/C18H15ClFN3O.BrH/c1-22-16(12-4-8-15(20)9-5-12)10-23(18(22)21)11-17(24)13-2-6-14(19)7-3-13;/h2-10,21H,11H2,1H3;1H. The van der Waals surface area contributed by atoms with E-state index in [4.69, 9.17) is 17.3 Å². The monoisotopic (exact) mass is 423 g/mol. The minimum atomic E-state index is -0.299. The van der Waals surface area contributed by atoms with E-state index in [1.165, 1.54) is 12.1 Å². The Balaban J connectivity index is 0.00000225. The van der Waals surface area contributed by atoms with Gasteiger partial charge in [0.05, 0.1) is 7.05 Å². The van der Waals surface area contributed by atoms with E-state index < -0.39 is 0 Å². The Morgan fingerprint density at radius 2 is 1.76 bits per heavy atom. The van der Waals surface area contributed by atoms with Gasteiger partial charge in [-0.05, 0) is 48.5 Å². The van der Waals surface area contributed by atoms with Crippen molar-refractivity contribution in [2.45, 2.75) is 6.54 Å². The lowest BCUT2D eigenvalue weighted by Gasteiger charge is -2.00. The highest BCUT2D eigenvalue weighted by Gasteiger charge is 2.20. The van der Waals surface area contributed by atoms with Crippen LogP contribution in [0.4, 0.5) is 10.3 Å². The molecule has 0 radical (unpaired) electrons. The van der Waals surface area contributed by atoms with Crippen molar-refractivity contribution in [3.05, 3.63) is 71.1 Å². The molecule has 0 bridgehead atoms. The predicted octanol–water partition coefficient (Wildman–Crippen LogP) is 0.241. The van der Waals surface area contributed by atoms with Crippen LogP contribution in [0.15, 0.2) is 54.7 Å². The fourth-order valence-electron chi connectivity index (χ4n) is 2.51. The third kappa shape index (κ3) is 4.08. The number of Topliss-reactive ketones (excluding diaryl/α,β-unsaturated/α-hetero) is 1. The molecule has 1 heterocycles. The molecule has 0 saturated carbocycles. The van der Waals surface area contributed by atoms with Crippen LogP contribution in [0.1, 0.15) is 10.4 Å². The van der Waals surface area contributed by atoms with Crippen LogP contribution in [-0.4, -0.2) is 10.4 Å². The van der Waals surface area contributed by atoms with Crippen LogP contribution in [0.5, 0.6) is 0 Å². The van der Waals surface area contributed by atoms with Gasteiger partial charge >= 0.3 is 5.95 Å². The topological polar surface area (TPSA) is 51.9 Å². The molecule has 0 saturated heterocycles. The molecule has 0 spiro atoms. The average molecular weight is 425 g/mol. The number of carbonyl (C=O) groups excluding carboxylic acids is 1. The quantitative estimate of drug-likeness (QED) is 0.482. The molecule has 0 fully saturated rings. The van der Waals surface area contributed by atoms with Crippen molar-refractivity contribution in [1.82, 2.24) is 4.57 Å². The number of aromatic nitrogens is 2. The number of nitrogens with zero attached hydrogens (tertiary/aromatic N) is 2. The third-order valence-electron chi connectivity index (χ3n) is 3.90. The van der Waals surface area contributed by atoms with Crippen LogP contribution < -0.4 is 27.3 Å². The number of halogens is 3. The summed E-state index contributed by atoms with van der Waals surface area (Å²) in [6.45, 7) is 0.114. The van der Waals surface area contributed by atoms with Gasteiger partial charge in [-0.3, -0.25) is 10.5 Å². The molecule has 0 aliphatic heterocycles. The van der Waals surface area contributed by atoms with Gasteiger partial charge in [0, 0.05) is 16.1 Å². The van der Waals surface area contributed by atoms with Gasteiger partial charge in [0.2, 0.25) is 0 Å². The van der Waals surface area contributed by atoms with E-state index in [-0.39, 0.29) is 35.1 Å². The third-order valence-corrected chi connectivity index (χ3v) is 4.15. The molecule has 0 atom stereocenters. The molecular formula is C18H16BrClFN3O. The molecule has 2 N–H and O–H groups in total. The number of ketones is 1. The van der Waals surface area contributed by atoms with Gasteiger partial charge < -0.3 is 17.0 Å². The van der Waals surface area contributed by atoms with Crippen molar-refractivity contribution >= 4 is 23.3 Å². The van der Waals surface area contributed by atoms with E-state index >= 15 is 0 Å². The van der Waals surface area contributed by atoms with Crippen molar-refractivity contribution in [1.29, 1.82) is 0 Å². The second-order valence-electron chi connectivity index (χ2n) is 5.50. The second kappa shape index (κ2) is 7.80. The van der Waals surface area contributed by atoms with Crippen molar-refractivity contribution < 1.29 is 30.7 Å². The van der Waals surface area contributed by atoms with Gasteiger partial charge in [-0.2, -0.15) is 0 Å². The maximum absolute atomic E-state index is 13.1. The molecular weight excluding hydrogens is 409 g/mol. The van der Waals surface area contributed by atoms with Crippen LogP contribution in [0.3, 0.4) is 0 Å². The van der Waals surface area contributed by atoms with Crippen molar-refractivity contribution in [2.75, 3.05) is 5.73 Å². The first-order valence-corrected chi connectivity index (χ1v) is 7.73. The van der Waals surface area contributed by atoms with Crippen LogP contribution in [0.25, 0.3) is 11.3 Å². The van der Waals surface area contributed by atoms with Crippen LogP contribution in [-0.2, 0) is 13.6 Å². The first kappa shape index (κ1) is 19.1. The number of anilines is 1. The number of nitrogens with two attached hydrogens (primary N) is 1. The number of hydrogen-bond acceptors (Lipinski definition) is 2. The molecule has 0 unspecified atom stereocenters. The fraction of sp³-hybridized carbons (Fsp3) is 0.111. The Hall–Kier alpha value is -2.18. The average Bonchev–Trinajstić information content (AvgIpc) is 2.85. The highest BCUT2D eigenvalue weighted by molar-refractivity contribution is 6.30. The first-order chi connectivity index (χ1) is 11.5. The molecule has 25 heavy (non-hydrogen) atoms. The number of nitrogen functional groups attached to an aromatic ring is 1. The summed E-state index contributed by atoms with van der Waals surface area (Å²) in [4.78, 5) is 12.4. The van der Waals surface area contributed by atoms with Crippen molar-refractivity contribution in [2.24, 2.45) is 7.05 Å². The highest BCUT2D eigenvalue weighted by Crippen LogP contribution is 2.20. The summed E-state index contributed by atoms with van der Waals surface area (Å²) >= 11 is 5.84. The van der Waals surface area contributed by atoms with Crippen molar-refractivity contribution in [3.63, 3.8) is 0 Å². The Kier molecular flexibility index (Phi) is 5.98. The molecule has 0 aliphatic carbocycles. The minimum absolute atomic E-state index is 0. The smallest absolute Gasteiger partial charge is 0.355 e. The van der Waals surface area contributed by atoms with Gasteiger partial charge in [0.1, 0.15) is 24.3 Å². The van der Waals surface area contributed by atoms with Gasteiger partial charge in [0.15, 0.2) is 5.78 Å². The molecule has 2 aromatic carbocycles. The zero-order valence-electron chi connectivity index (χ0n) is 13.4. The number of hydrogen-bond donors (Lipinski definition) is 1. The van der Waals surface area contributed by atoms with Crippen LogP contribution in [0.2, 0.25) is 5.02 Å². The van der Waals surface area contributed by atoms with Crippen LogP contribution >= 0.6 is 11.6 Å². The highest BCUT2D eigenvalue weighted by atomic mass is 79.9. The molecule has 4 nitrogen and oxygen atoms in total. The minimum Gasteiger partial charge on any atom is -1.00 e. The molecule has 3 rings (SSSR count). The molecule has 0 aliphatic rings. The number of carbonyl (C=O) groups is 1. The Morgan fingerprint density at radius 3 is 2.36 bits per heavy atom. The Labute approximate surface area is 160 Å². The maximum atomic E-state index is 13.1. The van der Waals surface area contributed by atoms with E-state index in [9.17, 15) is 9.18 Å². The van der Waals surface area contributed by atoms with Gasteiger partial charge in [-0.1, -0.05) is 11.6 Å². The van der Waals surface area contributed by atoms with Gasteiger partial charge in [0.25, 0.3) is 0 Å². The normalized spacial score (nSPS) is 10.4. The van der Waals surface area contributed by atoms with E-state index in [2.05, 4.69) is 0 Å². The number of rotatable bonds is 4. The molecule has 3 aromatic rings. The summed E-state index contributed by atoms with van der Waals surface area (Å²) in [5, 5.41) is 0.581. The summed E-state index contributed by atoms with van der Waals surface area (Å²) in [6, 6.07) is 12.9. The molecule has 1 aromatic heterocycles. The zero-order valence-corrected chi connectivity index (χ0v) is 15.8. The van der Waals surface area contributed by atoms with E-state index in [0.29, 0.717) is 16.5 Å². The lowest BCUT2D eigenvalue weighted by atomic mass is 10.1. The molecule has 0 amide bonds. The second-order valence-corrected chi connectivity index (χ2v) is 5.93. The van der Waals surface area contributed by atoms with Gasteiger partial charge in [-0.25, -0.2) is 13.5 Å². The summed E-state index contributed by atoms with van der Waals surface area (Å²) in [7, 11) is 1.80. The van der Waals surface area contributed by atoms with E-state index in [1.54, 1.807) is 58.8 Å². The largest absolute Gasteiger partial charge is 1.00 e. The molecule has 7 heteroatoms. The summed E-state index contributed by atoms with van der Waals surface area (Å²) in [5.41, 5.74) is 8.29. The summed E-state index contributed by atoms with van der Waals surface area (Å²) < 4.78 is 16.5. The van der Waals surface area contributed by atoms with Crippen molar-refractivity contribution in [3.8, 4) is 11.3 Å². The Bertz CT molecular complexity index is 892. The van der Waals surface area contributed by atoms with E-state index in [1.807, 2.05) is 0 Å². The zero-order chi connectivity index (χ0) is 17.3. The number of imidazole rings is 1. The predicted molar refractivity (Wildman–Crippen MR) is 91.2 cm³/mol. The maximum Gasteiger partial charge on any atom is 0.355 e. The number of benzene rings is 2. The van der Waals surface area contributed by atoms with E-state index in [0.717, 1.165) is 11.3 Å². The summed E-state index contributed by atoms with van der Waals surface area (Å²) in [5.74, 6) is 0.0722. The summed E-state index contributed by atoms with van der Waals surface area (Å²) in [6.07, 6.45) is 1.79. The first-order valence-electron chi connectivity index (χ1n) is 7.35. The Morgan fingerprint density at radius 1 is 1.16 bits per heavy atom. The molecule has 130 valence electrons.